The fraction of sp³-hybridized carbons (Fsp3) is 0.600. The molecule has 0 aliphatic rings. The number of halogens is 3. The number of hydrogen-bond acceptors (Lipinski definition) is 3. The van der Waals surface area contributed by atoms with Gasteiger partial charge in [-0.2, -0.15) is 13.2 Å². The van der Waals surface area contributed by atoms with E-state index in [1.807, 2.05) is 0 Å². The first-order chi connectivity index (χ1) is 5.38. The zero-order chi connectivity index (χ0) is 9.78. The number of alkyl halides is 3. The number of ketones is 1. The lowest BCUT2D eigenvalue weighted by atomic mass is 10.4. The molecule has 0 aliphatic carbocycles. The SMILES string of the molecule is NCC(=O)NCC(=O)C(F)(F)F. The van der Waals surface area contributed by atoms with Crippen molar-refractivity contribution in [2.24, 2.45) is 5.73 Å². The lowest BCUT2D eigenvalue weighted by Crippen LogP contribution is -2.39. The first-order valence-electron chi connectivity index (χ1n) is 2.94. The van der Waals surface area contributed by atoms with E-state index < -0.39 is 31.0 Å². The van der Waals surface area contributed by atoms with Gasteiger partial charge in [0.25, 0.3) is 5.78 Å². The van der Waals surface area contributed by atoms with E-state index in [4.69, 9.17) is 5.73 Å². The Hall–Kier alpha value is -1.11. The van der Waals surface area contributed by atoms with Gasteiger partial charge in [0.15, 0.2) is 0 Å². The minimum Gasteiger partial charge on any atom is -0.348 e. The molecule has 0 saturated heterocycles. The van der Waals surface area contributed by atoms with Gasteiger partial charge in [0.05, 0.1) is 13.1 Å². The Balaban J connectivity index is 3.81. The molecule has 0 heterocycles. The zero-order valence-electron chi connectivity index (χ0n) is 5.94. The van der Waals surface area contributed by atoms with Crippen LogP contribution >= 0.6 is 0 Å². The quantitative estimate of drug-likeness (QED) is 0.602. The summed E-state index contributed by atoms with van der Waals surface area (Å²) in [7, 11) is 0. The summed E-state index contributed by atoms with van der Waals surface area (Å²) in [5, 5.41) is 1.71. The van der Waals surface area contributed by atoms with Crippen molar-refractivity contribution in [3.8, 4) is 0 Å². The molecule has 0 unspecified atom stereocenters. The Morgan fingerprint density at radius 2 is 1.83 bits per heavy atom. The Labute approximate surface area is 65.9 Å². The summed E-state index contributed by atoms with van der Waals surface area (Å²) in [6, 6.07) is 0. The predicted molar refractivity (Wildman–Crippen MR) is 33.1 cm³/mol. The number of carbonyl (C=O) groups is 2. The molecular weight excluding hydrogens is 177 g/mol. The highest BCUT2D eigenvalue weighted by Gasteiger charge is 2.37. The normalized spacial score (nSPS) is 11.0. The first kappa shape index (κ1) is 10.9. The fourth-order valence-electron chi connectivity index (χ4n) is 0.351. The van der Waals surface area contributed by atoms with E-state index in [-0.39, 0.29) is 0 Å². The number of nitrogens with one attached hydrogen (secondary N) is 1. The molecule has 3 N–H and O–H groups in total. The van der Waals surface area contributed by atoms with Crippen LogP contribution in [-0.4, -0.2) is 31.0 Å². The molecule has 7 heteroatoms. The molecule has 70 valence electrons. The third kappa shape index (κ3) is 3.91. The van der Waals surface area contributed by atoms with E-state index in [2.05, 4.69) is 0 Å². The van der Waals surface area contributed by atoms with Crippen molar-refractivity contribution in [1.29, 1.82) is 0 Å². The van der Waals surface area contributed by atoms with Crippen molar-refractivity contribution >= 4 is 11.7 Å². The molecule has 0 aromatic carbocycles. The molecule has 0 bridgehead atoms. The molecular formula is C5H7F3N2O2. The maximum atomic E-state index is 11.5. The number of carbonyl (C=O) groups excluding carboxylic acids is 2. The zero-order valence-corrected chi connectivity index (χ0v) is 5.94. The van der Waals surface area contributed by atoms with Crippen LogP contribution in [0.4, 0.5) is 13.2 Å². The van der Waals surface area contributed by atoms with Crippen LogP contribution in [0.3, 0.4) is 0 Å². The number of rotatable bonds is 3. The van der Waals surface area contributed by atoms with Crippen LogP contribution in [0.25, 0.3) is 0 Å². The Morgan fingerprint density at radius 1 is 1.33 bits per heavy atom. The van der Waals surface area contributed by atoms with Crippen LogP contribution in [0.15, 0.2) is 0 Å². The highest BCUT2D eigenvalue weighted by Crippen LogP contribution is 2.14. The van der Waals surface area contributed by atoms with Gasteiger partial charge in [-0.1, -0.05) is 0 Å². The molecule has 12 heavy (non-hydrogen) atoms. The van der Waals surface area contributed by atoms with E-state index in [9.17, 15) is 22.8 Å². The largest absolute Gasteiger partial charge is 0.451 e. The van der Waals surface area contributed by atoms with Gasteiger partial charge in [-0.3, -0.25) is 9.59 Å². The summed E-state index contributed by atoms with van der Waals surface area (Å²) in [6.45, 7) is -1.50. The maximum absolute atomic E-state index is 11.5. The minimum absolute atomic E-state index is 0.439. The standard InChI is InChI=1S/C5H7F3N2O2/c6-5(7,8)3(11)2-10-4(12)1-9/h1-2,9H2,(H,10,12). The summed E-state index contributed by atoms with van der Waals surface area (Å²) in [4.78, 5) is 20.4. The van der Waals surface area contributed by atoms with E-state index in [1.165, 1.54) is 0 Å². The number of amides is 1. The maximum Gasteiger partial charge on any atom is 0.451 e. The Bertz CT molecular complexity index is 190. The van der Waals surface area contributed by atoms with Gasteiger partial charge in [0.1, 0.15) is 0 Å². The van der Waals surface area contributed by atoms with Crippen molar-refractivity contribution in [2.75, 3.05) is 13.1 Å². The smallest absolute Gasteiger partial charge is 0.348 e. The van der Waals surface area contributed by atoms with Crippen LogP contribution in [0.2, 0.25) is 0 Å². The summed E-state index contributed by atoms with van der Waals surface area (Å²) < 4.78 is 34.4. The van der Waals surface area contributed by atoms with Gasteiger partial charge in [0.2, 0.25) is 5.91 Å². The van der Waals surface area contributed by atoms with Crippen molar-refractivity contribution in [3.05, 3.63) is 0 Å². The van der Waals surface area contributed by atoms with Crippen molar-refractivity contribution in [3.63, 3.8) is 0 Å². The highest BCUT2D eigenvalue weighted by atomic mass is 19.4. The molecule has 0 aliphatic heterocycles. The molecule has 4 nitrogen and oxygen atoms in total. The summed E-state index contributed by atoms with van der Waals surface area (Å²) >= 11 is 0. The Morgan fingerprint density at radius 3 is 2.17 bits per heavy atom. The van der Waals surface area contributed by atoms with Crippen LogP contribution in [0.1, 0.15) is 0 Å². The second-order valence-electron chi connectivity index (χ2n) is 1.90. The molecule has 0 radical (unpaired) electrons. The van der Waals surface area contributed by atoms with Gasteiger partial charge in [-0.25, -0.2) is 0 Å². The molecule has 0 aromatic rings. The third-order valence-corrected chi connectivity index (χ3v) is 0.948. The second-order valence-corrected chi connectivity index (χ2v) is 1.90. The van der Waals surface area contributed by atoms with Gasteiger partial charge >= 0.3 is 6.18 Å². The van der Waals surface area contributed by atoms with Gasteiger partial charge < -0.3 is 11.1 Å². The van der Waals surface area contributed by atoms with E-state index in [1.54, 1.807) is 5.32 Å². The fourth-order valence-corrected chi connectivity index (χ4v) is 0.351. The second kappa shape index (κ2) is 4.05. The lowest BCUT2D eigenvalue weighted by molar-refractivity contribution is -0.170. The van der Waals surface area contributed by atoms with Crippen molar-refractivity contribution < 1.29 is 22.8 Å². The van der Waals surface area contributed by atoms with Crippen molar-refractivity contribution in [2.45, 2.75) is 6.18 Å². The van der Waals surface area contributed by atoms with Crippen LogP contribution in [0.5, 0.6) is 0 Å². The van der Waals surface area contributed by atoms with Crippen molar-refractivity contribution in [1.82, 2.24) is 5.32 Å². The number of nitrogens with two attached hydrogens (primary N) is 1. The molecule has 0 fully saturated rings. The van der Waals surface area contributed by atoms with Gasteiger partial charge in [-0.15, -0.1) is 0 Å². The molecule has 0 spiro atoms. The number of Topliss-reactive ketones (excluding diaryl/α,β-unsaturated/α-hetero) is 1. The predicted octanol–water partition coefficient (Wildman–Crippen LogP) is -0.807. The molecule has 0 saturated carbocycles. The third-order valence-electron chi connectivity index (χ3n) is 0.948. The molecule has 0 atom stereocenters. The van der Waals surface area contributed by atoms with Crippen LogP contribution in [0, 0.1) is 0 Å². The van der Waals surface area contributed by atoms with Crippen LogP contribution < -0.4 is 11.1 Å². The number of hydrogen-bond donors (Lipinski definition) is 2. The van der Waals surface area contributed by atoms with E-state index >= 15 is 0 Å². The topological polar surface area (TPSA) is 72.2 Å². The molecule has 0 rings (SSSR count). The summed E-state index contributed by atoms with van der Waals surface area (Å²) in [6.07, 6.45) is -4.90. The molecule has 1 amide bonds. The monoisotopic (exact) mass is 184 g/mol. The summed E-state index contributed by atoms with van der Waals surface area (Å²) in [5.41, 5.74) is 4.76. The Kier molecular flexibility index (Phi) is 3.68. The summed E-state index contributed by atoms with van der Waals surface area (Å²) in [5.74, 6) is -2.79. The average Bonchev–Trinajstić information content (AvgIpc) is 1.97. The average molecular weight is 184 g/mol. The molecule has 0 aromatic heterocycles. The lowest BCUT2D eigenvalue weighted by Gasteiger charge is -2.05. The first-order valence-corrected chi connectivity index (χ1v) is 2.94. The highest BCUT2D eigenvalue weighted by molar-refractivity contribution is 5.90. The van der Waals surface area contributed by atoms with E-state index in [0.29, 0.717) is 0 Å². The minimum atomic E-state index is -4.90. The van der Waals surface area contributed by atoms with Gasteiger partial charge in [0, 0.05) is 0 Å². The van der Waals surface area contributed by atoms with Crippen LogP contribution in [-0.2, 0) is 9.59 Å². The van der Waals surface area contributed by atoms with E-state index in [0.717, 1.165) is 0 Å². The van der Waals surface area contributed by atoms with Gasteiger partial charge in [-0.05, 0) is 0 Å².